The molecule has 0 amide bonds. The van der Waals surface area contributed by atoms with Crippen LogP contribution in [-0.2, 0) is 0 Å². The monoisotopic (exact) mass is 345 g/mol. The zero-order chi connectivity index (χ0) is 15.8. The topological polar surface area (TPSA) is 57.1 Å². The summed E-state index contributed by atoms with van der Waals surface area (Å²) in [5.74, 6) is -1.97. The average molecular weight is 346 g/mol. The highest BCUT2D eigenvalue weighted by atomic mass is 35.5. The molecule has 0 aliphatic rings. The van der Waals surface area contributed by atoms with Gasteiger partial charge in [-0.3, -0.25) is 0 Å². The molecule has 0 fully saturated rings. The first-order valence-corrected chi connectivity index (χ1v) is 5.94. The number of hydrogen-bond acceptors (Lipinski definition) is 5. The van der Waals surface area contributed by atoms with E-state index in [0.29, 0.717) is 0 Å². The fourth-order valence-corrected chi connectivity index (χ4v) is 1.79. The van der Waals surface area contributed by atoms with E-state index in [1.807, 2.05) is 0 Å². The average Bonchev–Trinajstić information content (AvgIpc) is 2.39. The summed E-state index contributed by atoms with van der Waals surface area (Å²) in [5, 5.41) is -1.38. The van der Waals surface area contributed by atoms with Crippen molar-refractivity contribution in [3.05, 3.63) is 16.3 Å². The summed E-state index contributed by atoms with van der Waals surface area (Å²) >= 11 is 11.1. The third-order valence-electron chi connectivity index (χ3n) is 2.22. The summed E-state index contributed by atoms with van der Waals surface area (Å²) in [7, 11) is 1.16. The molecule has 0 atom stereocenters. The first-order valence-electron chi connectivity index (χ1n) is 5.18. The largest absolute Gasteiger partial charge is 0.480 e. The molecule has 2 aromatic rings. The maximum Gasteiger partial charge on any atom is 0.422 e. The van der Waals surface area contributed by atoms with Gasteiger partial charge >= 0.3 is 6.18 Å². The first-order chi connectivity index (χ1) is 9.73. The molecule has 0 N–H and O–H groups in total. The number of ether oxygens (including phenoxy) is 2. The van der Waals surface area contributed by atoms with Gasteiger partial charge in [0.15, 0.2) is 17.6 Å². The maximum absolute atomic E-state index is 13.9. The highest BCUT2D eigenvalue weighted by Crippen LogP contribution is 2.35. The van der Waals surface area contributed by atoms with E-state index in [9.17, 15) is 17.6 Å². The maximum atomic E-state index is 13.9. The van der Waals surface area contributed by atoms with Gasteiger partial charge in [0.2, 0.25) is 17.0 Å². The highest BCUT2D eigenvalue weighted by Gasteiger charge is 2.30. The molecule has 2 aromatic heterocycles. The standard InChI is InChI=1S/C10H5Cl2F4N3O2/c1-20-7-3-5(4(13)6(11)18-7)17-9(12)19-8(3)21-2-10(14,15)16/h2H2,1H3. The van der Waals surface area contributed by atoms with Crippen LogP contribution >= 0.6 is 23.2 Å². The predicted molar refractivity (Wildman–Crippen MR) is 65.4 cm³/mol. The first kappa shape index (κ1) is 15.8. The van der Waals surface area contributed by atoms with Crippen LogP contribution in [0.4, 0.5) is 17.6 Å². The fourth-order valence-electron chi connectivity index (χ4n) is 1.46. The van der Waals surface area contributed by atoms with E-state index in [-0.39, 0.29) is 11.3 Å². The zero-order valence-corrected chi connectivity index (χ0v) is 11.6. The third-order valence-corrected chi connectivity index (χ3v) is 2.64. The van der Waals surface area contributed by atoms with Gasteiger partial charge in [-0.1, -0.05) is 11.6 Å². The molecule has 0 aliphatic carbocycles. The van der Waals surface area contributed by atoms with Gasteiger partial charge in [-0.2, -0.15) is 23.1 Å². The van der Waals surface area contributed by atoms with Gasteiger partial charge in [-0.25, -0.2) is 9.37 Å². The molecular weight excluding hydrogens is 341 g/mol. The lowest BCUT2D eigenvalue weighted by Crippen LogP contribution is -2.20. The van der Waals surface area contributed by atoms with Crippen molar-refractivity contribution in [2.45, 2.75) is 6.18 Å². The van der Waals surface area contributed by atoms with Crippen LogP contribution in [0.25, 0.3) is 10.9 Å². The third kappa shape index (κ3) is 3.35. The minimum Gasteiger partial charge on any atom is -0.480 e. The summed E-state index contributed by atoms with van der Waals surface area (Å²) in [6.07, 6.45) is -4.62. The van der Waals surface area contributed by atoms with Gasteiger partial charge in [0, 0.05) is 0 Å². The zero-order valence-electron chi connectivity index (χ0n) is 10.1. The number of nitrogens with zero attached hydrogens (tertiary/aromatic N) is 3. The van der Waals surface area contributed by atoms with Crippen LogP contribution in [0.3, 0.4) is 0 Å². The Morgan fingerprint density at radius 2 is 1.76 bits per heavy atom. The van der Waals surface area contributed by atoms with E-state index >= 15 is 0 Å². The molecule has 21 heavy (non-hydrogen) atoms. The molecule has 0 spiro atoms. The van der Waals surface area contributed by atoms with Crippen LogP contribution < -0.4 is 9.47 Å². The normalized spacial score (nSPS) is 11.8. The Morgan fingerprint density at radius 1 is 1.10 bits per heavy atom. The SMILES string of the molecule is COc1nc(Cl)c(F)c2nc(Cl)nc(OCC(F)(F)F)c12. The van der Waals surface area contributed by atoms with Gasteiger partial charge in [0.1, 0.15) is 10.9 Å². The lowest BCUT2D eigenvalue weighted by Gasteiger charge is -2.12. The molecule has 0 saturated carbocycles. The lowest BCUT2D eigenvalue weighted by atomic mass is 10.3. The summed E-state index contributed by atoms with van der Waals surface area (Å²) in [4.78, 5) is 10.6. The molecule has 2 rings (SSSR count). The number of methoxy groups -OCH3 is 1. The predicted octanol–water partition coefficient (Wildman–Crippen LogP) is 3.42. The van der Waals surface area contributed by atoms with Crippen molar-refractivity contribution >= 4 is 34.1 Å². The molecule has 0 bridgehead atoms. The van der Waals surface area contributed by atoms with Crippen molar-refractivity contribution in [3.63, 3.8) is 0 Å². The van der Waals surface area contributed by atoms with Crippen molar-refractivity contribution in [2.75, 3.05) is 13.7 Å². The van der Waals surface area contributed by atoms with Crippen LogP contribution in [0.5, 0.6) is 11.8 Å². The van der Waals surface area contributed by atoms with E-state index < -0.39 is 40.4 Å². The van der Waals surface area contributed by atoms with Gasteiger partial charge in [0.05, 0.1) is 7.11 Å². The molecule has 5 nitrogen and oxygen atoms in total. The van der Waals surface area contributed by atoms with Gasteiger partial charge in [-0.15, -0.1) is 0 Å². The van der Waals surface area contributed by atoms with Crippen molar-refractivity contribution < 1.29 is 27.0 Å². The second-order valence-corrected chi connectivity index (χ2v) is 4.35. The minimum absolute atomic E-state index is 0.287. The Labute approximate surface area is 124 Å². The molecule has 2 heterocycles. The van der Waals surface area contributed by atoms with Crippen molar-refractivity contribution in [1.29, 1.82) is 0 Å². The fraction of sp³-hybridized carbons (Fsp3) is 0.300. The Bertz CT molecular complexity index is 696. The number of alkyl halides is 3. The summed E-state index contributed by atoms with van der Waals surface area (Å²) in [5.41, 5.74) is -0.455. The van der Waals surface area contributed by atoms with Crippen LogP contribution in [0.1, 0.15) is 0 Å². The minimum atomic E-state index is -4.62. The Morgan fingerprint density at radius 3 is 2.33 bits per heavy atom. The quantitative estimate of drug-likeness (QED) is 0.484. The van der Waals surface area contributed by atoms with Gasteiger partial charge < -0.3 is 9.47 Å². The number of fused-ring (bicyclic) bond motifs is 1. The lowest BCUT2D eigenvalue weighted by molar-refractivity contribution is -0.153. The van der Waals surface area contributed by atoms with E-state index in [4.69, 9.17) is 27.9 Å². The van der Waals surface area contributed by atoms with Crippen LogP contribution in [0, 0.1) is 5.82 Å². The van der Waals surface area contributed by atoms with Gasteiger partial charge in [-0.05, 0) is 11.6 Å². The molecule has 0 aromatic carbocycles. The van der Waals surface area contributed by atoms with Crippen LogP contribution in [-0.4, -0.2) is 34.8 Å². The highest BCUT2D eigenvalue weighted by molar-refractivity contribution is 6.31. The number of hydrogen-bond donors (Lipinski definition) is 0. The van der Waals surface area contributed by atoms with E-state index in [1.165, 1.54) is 0 Å². The van der Waals surface area contributed by atoms with E-state index in [0.717, 1.165) is 7.11 Å². The Balaban J connectivity index is 2.66. The second-order valence-electron chi connectivity index (χ2n) is 3.65. The van der Waals surface area contributed by atoms with Crippen molar-refractivity contribution in [1.82, 2.24) is 15.0 Å². The molecule has 0 radical (unpaired) electrons. The Kier molecular flexibility index (Phi) is 4.24. The van der Waals surface area contributed by atoms with Crippen molar-refractivity contribution in [2.24, 2.45) is 0 Å². The second kappa shape index (κ2) is 5.64. The van der Waals surface area contributed by atoms with Crippen LogP contribution in [0.15, 0.2) is 0 Å². The van der Waals surface area contributed by atoms with Crippen molar-refractivity contribution in [3.8, 4) is 11.8 Å². The summed E-state index contributed by atoms with van der Waals surface area (Å²) < 4.78 is 59.9. The molecular formula is C10H5Cl2F4N3O2. The number of aromatic nitrogens is 3. The van der Waals surface area contributed by atoms with Crippen LogP contribution in [0.2, 0.25) is 10.4 Å². The van der Waals surface area contributed by atoms with E-state index in [1.54, 1.807) is 0 Å². The smallest absolute Gasteiger partial charge is 0.422 e. The Hall–Kier alpha value is -1.61. The molecule has 11 heteroatoms. The summed E-state index contributed by atoms with van der Waals surface area (Å²) in [6, 6.07) is 0. The number of halogens is 6. The molecule has 114 valence electrons. The van der Waals surface area contributed by atoms with E-state index in [2.05, 4.69) is 19.7 Å². The molecule has 0 aliphatic heterocycles. The molecule has 0 unspecified atom stereocenters. The summed E-state index contributed by atoms with van der Waals surface area (Å²) in [6.45, 7) is -1.65. The van der Waals surface area contributed by atoms with Gasteiger partial charge in [0.25, 0.3) is 0 Å². The molecule has 0 saturated heterocycles. The number of rotatable bonds is 3. The number of pyridine rings is 1.